The van der Waals surface area contributed by atoms with Crippen molar-refractivity contribution in [3.8, 4) is 0 Å². The molecule has 0 radical (unpaired) electrons. The average molecular weight is 492 g/mol. The van der Waals surface area contributed by atoms with Crippen LogP contribution in [0.2, 0.25) is 0 Å². The minimum Gasteiger partial charge on any atom is -0.459 e. The van der Waals surface area contributed by atoms with E-state index < -0.39 is 17.8 Å². The van der Waals surface area contributed by atoms with Gasteiger partial charge in [0.2, 0.25) is 5.91 Å². The summed E-state index contributed by atoms with van der Waals surface area (Å²) >= 11 is 0. The van der Waals surface area contributed by atoms with Gasteiger partial charge in [-0.25, -0.2) is 4.39 Å². The van der Waals surface area contributed by atoms with E-state index in [0.717, 1.165) is 44.5 Å². The molecule has 7 nitrogen and oxygen atoms in total. The molecule has 2 heterocycles. The molecule has 1 aliphatic heterocycles. The van der Waals surface area contributed by atoms with Crippen molar-refractivity contribution in [1.82, 2.24) is 5.32 Å². The number of morpholine rings is 1. The van der Waals surface area contributed by atoms with Crippen LogP contribution in [0.3, 0.4) is 0 Å². The van der Waals surface area contributed by atoms with E-state index in [-0.39, 0.29) is 23.4 Å². The van der Waals surface area contributed by atoms with E-state index in [2.05, 4.69) is 10.2 Å². The summed E-state index contributed by atoms with van der Waals surface area (Å²) in [6.45, 7) is 2.91. The van der Waals surface area contributed by atoms with E-state index >= 15 is 0 Å². The van der Waals surface area contributed by atoms with Gasteiger partial charge in [0.1, 0.15) is 11.9 Å². The maximum absolute atomic E-state index is 14.3. The van der Waals surface area contributed by atoms with Gasteiger partial charge in [0.15, 0.2) is 5.76 Å². The van der Waals surface area contributed by atoms with Crippen LogP contribution >= 0.6 is 0 Å². The highest BCUT2D eigenvalue weighted by molar-refractivity contribution is 6.08. The Morgan fingerprint density at radius 2 is 1.75 bits per heavy atom. The number of ether oxygens (including phenoxy) is 1. The van der Waals surface area contributed by atoms with Crippen molar-refractivity contribution in [3.05, 3.63) is 84.1 Å². The molecule has 1 saturated carbocycles. The molecule has 5 rings (SSSR count). The number of carbonyl (C=O) groups is 2. The van der Waals surface area contributed by atoms with Gasteiger partial charge < -0.3 is 19.4 Å². The van der Waals surface area contributed by atoms with Crippen LogP contribution in [0.5, 0.6) is 0 Å². The van der Waals surface area contributed by atoms with Crippen molar-refractivity contribution in [2.24, 2.45) is 0 Å². The number of amides is 2. The number of hydrogen-bond donors (Lipinski definition) is 1. The van der Waals surface area contributed by atoms with E-state index in [1.165, 1.54) is 29.4 Å². The fraction of sp³-hybridized carbons (Fsp3) is 0.357. The second kappa shape index (κ2) is 11.0. The summed E-state index contributed by atoms with van der Waals surface area (Å²) in [4.78, 5) is 31.1. The lowest BCUT2D eigenvalue weighted by atomic mass is 10.0. The van der Waals surface area contributed by atoms with Gasteiger partial charge in [-0.1, -0.05) is 31.0 Å². The zero-order valence-electron chi connectivity index (χ0n) is 20.1. The Hall–Kier alpha value is -3.65. The number of hydrogen-bond acceptors (Lipinski definition) is 5. The molecule has 0 unspecified atom stereocenters. The fourth-order valence-electron chi connectivity index (χ4n) is 4.99. The highest BCUT2D eigenvalue weighted by Crippen LogP contribution is 2.32. The second-order valence-corrected chi connectivity index (χ2v) is 9.22. The number of anilines is 2. The first-order valence-corrected chi connectivity index (χ1v) is 12.5. The summed E-state index contributed by atoms with van der Waals surface area (Å²) in [6.07, 6.45) is 5.33. The molecule has 2 aromatic carbocycles. The summed E-state index contributed by atoms with van der Waals surface area (Å²) in [6, 6.07) is 15.6. The number of rotatable bonds is 7. The summed E-state index contributed by atoms with van der Waals surface area (Å²) in [7, 11) is 0. The predicted molar refractivity (Wildman–Crippen MR) is 135 cm³/mol. The first-order chi connectivity index (χ1) is 17.6. The third kappa shape index (κ3) is 5.28. The zero-order valence-corrected chi connectivity index (χ0v) is 20.1. The van der Waals surface area contributed by atoms with Crippen LogP contribution < -0.4 is 15.1 Å². The molecule has 2 amide bonds. The van der Waals surface area contributed by atoms with Crippen LogP contribution in [0.4, 0.5) is 15.8 Å². The molecule has 8 heteroatoms. The molecule has 2 fully saturated rings. The van der Waals surface area contributed by atoms with Crippen LogP contribution in [-0.4, -0.2) is 44.2 Å². The SMILES string of the molecule is O=C(NC1CCCC1)[C@H](c1ccc(N2CCOCC2)cc1)N(C(=O)c1ccco1)c1cccc(F)c1. The number of benzene rings is 2. The number of furan rings is 1. The van der Waals surface area contributed by atoms with E-state index in [9.17, 15) is 14.0 Å². The number of halogens is 1. The topological polar surface area (TPSA) is 75.0 Å². The molecule has 2 aliphatic rings. The van der Waals surface area contributed by atoms with Crippen LogP contribution in [0.1, 0.15) is 47.8 Å². The predicted octanol–water partition coefficient (Wildman–Crippen LogP) is 4.70. The Labute approximate surface area is 209 Å². The molecule has 1 atom stereocenters. The Morgan fingerprint density at radius 3 is 2.42 bits per heavy atom. The van der Waals surface area contributed by atoms with Gasteiger partial charge in [-0.3, -0.25) is 14.5 Å². The molecule has 3 aromatic rings. The number of nitrogens with zero attached hydrogens (tertiary/aromatic N) is 2. The van der Waals surface area contributed by atoms with E-state index in [1.807, 2.05) is 24.3 Å². The van der Waals surface area contributed by atoms with Crippen molar-refractivity contribution >= 4 is 23.2 Å². The largest absolute Gasteiger partial charge is 0.459 e. The van der Waals surface area contributed by atoms with Crippen molar-refractivity contribution in [1.29, 1.82) is 0 Å². The first-order valence-electron chi connectivity index (χ1n) is 12.5. The maximum Gasteiger partial charge on any atom is 0.294 e. The lowest BCUT2D eigenvalue weighted by molar-refractivity contribution is -0.123. The van der Waals surface area contributed by atoms with Gasteiger partial charge in [-0.15, -0.1) is 0 Å². The van der Waals surface area contributed by atoms with Gasteiger partial charge in [0, 0.05) is 30.5 Å². The van der Waals surface area contributed by atoms with Crippen molar-refractivity contribution < 1.29 is 23.1 Å². The molecule has 1 aliphatic carbocycles. The van der Waals surface area contributed by atoms with Crippen LogP contribution in [0.25, 0.3) is 0 Å². The Bertz CT molecular complexity index is 1170. The molecule has 36 heavy (non-hydrogen) atoms. The Morgan fingerprint density at radius 1 is 1.00 bits per heavy atom. The quantitative estimate of drug-likeness (QED) is 0.519. The normalized spacial score (nSPS) is 17.1. The summed E-state index contributed by atoms with van der Waals surface area (Å²) < 4.78 is 25.2. The van der Waals surface area contributed by atoms with Crippen LogP contribution in [0.15, 0.2) is 71.3 Å². The zero-order chi connectivity index (χ0) is 24.9. The minimum absolute atomic E-state index is 0.0562. The minimum atomic E-state index is -1.01. The van der Waals surface area contributed by atoms with Crippen molar-refractivity contribution in [3.63, 3.8) is 0 Å². The average Bonchev–Trinajstić information content (AvgIpc) is 3.62. The van der Waals surface area contributed by atoms with E-state index in [1.54, 1.807) is 18.2 Å². The Balaban J connectivity index is 1.55. The molecule has 0 bridgehead atoms. The molecular weight excluding hydrogens is 461 g/mol. The maximum atomic E-state index is 14.3. The van der Waals surface area contributed by atoms with Gasteiger partial charge >= 0.3 is 0 Å². The number of carbonyl (C=O) groups excluding carboxylic acids is 2. The lowest BCUT2D eigenvalue weighted by Crippen LogP contribution is -2.46. The fourth-order valence-corrected chi connectivity index (χ4v) is 4.99. The number of nitrogens with one attached hydrogen (secondary N) is 1. The second-order valence-electron chi connectivity index (χ2n) is 9.22. The highest BCUT2D eigenvalue weighted by atomic mass is 19.1. The standard InChI is InChI=1S/C28H30FN3O4/c29-21-5-3-8-24(19-21)32(28(34)25-9-4-16-36-25)26(27(33)30-22-6-1-2-7-22)20-10-12-23(13-11-20)31-14-17-35-18-15-31/h3-5,8-13,16,19,22,26H,1-2,6-7,14-15,17-18H2,(H,30,33)/t26-/m0/s1. The Kier molecular flexibility index (Phi) is 7.32. The summed E-state index contributed by atoms with van der Waals surface area (Å²) in [5.74, 6) is -1.25. The molecule has 188 valence electrons. The lowest BCUT2D eigenvalue weighted by Gasteiger charge is -2.32. The summed E-state index contributed by atoms with van der Waals surface area (Å²) in [5, 5.41) is 3.14. The van der Waals surface area contributed by atoms with E-state index in [4.69, 9.17) is 9.15 Å². The molecule has 0 spiro atoms. The van der Waals surface area contributed by atoms with Crippen LogP contribution in [0, 0.1) is 5.82 Å². The molecule has 1 N–H and O–H groups in total. The monoisotopic (exact) mass is 491 g/mol. The van der Waals surface area contributed by atoms with Crippen molar-refractivity contribution in [2.45, 2.75) is 37.8 Å². The van der Waals surface area contributed by atoms with Gasteiger partial charge in [0.05, 0.1) is 19.5 Å². The van der Waals surface area contributed by atoms with E-state index in [0.29, 0.717) is 18.8 Å². The molecule has 1 saturated heterocycles. The van der Waals surface area contributed by atoms with Crippen molar-refractivity contribution in [2.75, 3.05) is 36.1 Å². The van der Waals surface area contributed by atoms with Gasteiger partial charge in [-0.2, -0.15) is 0 Å². The first kappa shape index (κ1) is 24.1. The summed E-state index contributed by atoms with van der Waals surface area (Å²) in [5.41, 5.74) is 1.93. The third-order valence-corrected chi connectivity index (χ3v) is 6.83. The molecule has 1 aromatic heterocycles. The smallest absolute Gasteiger partial charge is 0.294 e. The third-order valence-electron chi connectivity index (χ3n) is 6.83. The van der Waals surface area contributed by atoms with Gasteiger partial charge in [-0.05, 0) is 60.9 Å². The van der Waals surface area contributed by atoms with Crippen LogP contribution in [-0.2, 0) is 9.53 Å². The highest BCUT2D eigenvalue weighted by Gasteiger charge is 2.36. The molecular formula is C28H30FN3O4. The van der Waals surface area contributed by atoms with Gasteiger partial charge in [0.25, 0.3) is 5.91 Å².